The Labute approximate surface area is 147 Å². The van der Waals surface area contributed by atoms with Crippen molar-refractivity contribution in [2.75, 3.05) is 20.2 Å². The predicted octanol–water partition coefficient (Wildman–Crippen LogP) is 3.29. The highest BCUT2D eigenvalue weighted by atomic mass is 16.3. The third-order valence-corrected chi connectivity index (χ3v) is 5.24. The fourth-order valence-corrected chi connectivity index (χ4v) is 3.48. The van der Waals surface area contributed by atoms with Crippen LogP contribution in [0.4, 0.5) is 0 Å². The van der Waals surface area contributed by atoms with Crippen LogP contribution in [0.25, 0.3) is 0 Å². The number of rotatable bonds is 10. The van der Waals surface area contributed by atoms with Crippen LogP contribution in [-0.4, -0.2) is 41.0 Å². The molecule has 1 aliphatic rings. The van der Waals surface area contributed by atoms with Gasteiger partial charge >= 0.3 is 0 Å². The normalized spacial score (nSPS) is 22.3. The summed E-state index contributed by atoms with van der Waals surface area (Å²) in [5, 5.41) is 13.8. The average molecular weight is 334 g/mol. The molecule has 0 amide bonds. The first-order chi connectivity index (χ1) is 11.6. The highest BCUT2D eigenvalue weighted by molar-refractivity contribution is 5.23. The molecule has 0 aromatic heterocycles. The lowest BCUT2D eigenvalue weighted by molar-refractivity contribution is -0.0602. The van der Waals surface area contributed by atoms with Gasteiger partial charge in [0, 0.05) is 20.1 Å². The number of aliphatic hydroxyl groups is 1. The number of nitrogens with two attached hydrogens (primary N) is 1. The van der Waals surface area contributed by atoms with Crippen molar-refractivity contribution in [3.05, 3.63) is 35.4 Å². The van der Waals surface area contributed by atoms with E-state index in [-0.39, 0.29) is 6.61 Å². The fraction of sp³-hybridized carbons (Fsp3) is 0.700. The molecule has 0 bridgehead atoms. The van der Waals surface area contributed by atoms with Crippen molar-refractivity contribution in [3.63, 3.8) is 0 Å². The second-order valence-corrected chi connectivity index (χ2v) is 7.28. The molecule has 1 aliphatic heterocycles. The second-order valence-electron chi connectivity index (χ2n) is 7.28. The Morgan fingerprint density at radius 3 is 2.33 bits per heavy atom. The number of benzene rings is 1. The first-order valence-corrected chi connectivity index (χ1v) is 9.55. The summed E-state index contributed by atoms with van der Waals surface area (Å²) in [4.78, 5) is 0. The van der Waals surface area contributed by atoms with E-state index in [4.69, 9.17) is 5.73 Å². The van der Waals surface area contributed by atoms with Gasteiger partial charge in [-0.15, -0.1) is 0 Å². The third kappa shape index (κ3) is 5.28. The van der Waals surface area contributed by atoms with Crippen LogP contribution in [0.2, 0.25) is 0 Å². The van der Waals surface area contributed by atoms with E-state index in [1.807, 2.05) is 7.05 Å². The van der Waals surface area contributed by atoms with Crippen LogP contribution in [0.3, 0.4) is 0 Å². The number of aliphatic hydroxyl groups excluding tert-OH is 1. The van der Waals surface area contributed by atoms with Crippen LogP contribution in [0.15, 0.2) is 24.3 Å². The summed E-state index contributed by atoms with van der Waals surface area (Å²) >= 11 is 0. The minimum absolute atomic E-state index is 0.00649. The Kier molecular flexibility index (Phi) is 7.69. The van der Waals surface area contributed by atoms with Crippen LogP contribution in [0.1, 0.15) is 63.0 Å². The summed E-state index contributed by atoms with van der Waals surface area (Å²) < 4.78 is 0. The average Bonchev–Trinajstić information content (AvgIpc) is 2.88. The molecule has 1 aromatic rings. The van der Waals surface area contributed by atoms with E-state index in [0.29, 0.717) is 0 Å². The molecule has 0 radical (unpaired) electrons. The Bertz CT molecular complexity index is 476. The van der Waals surface area contributed by atoms with Gasteiger partial charge < -0.3 is 10.8 Å². The second kappa shape index (κ2) is 9.52. The van der Waals surface area contributed by atoms with Gasteiger partial charge in [-0.3, -0.25) is 0 Å². The van der Waals surface area contributed by atoms with Gasteiger partial charge in [0.25, 0.3) is 0 Å². The van der Waals surface area contributed by atoms with E-state index in [1.54, 1.807) is 0 Å². The number of nitrogens with zero attached hydrogens (tertiary/aromatic N) is 2. The monoisotopic (exact) mass is 333 g/mol. The lowest BCUT2D eigenvalue weighted by Gasteiger charge is -2.36. The number of hydrogen-bond acceptors (Lipinski definition) is 4. The minimum atomic E-state index is -0.619. The Balaban J connectivity index is 1.79. The van der Waals surface area contributed by atoms with Crippen molar-refractivity contribution in [1.82, 2.24) is 10.0 Å². The molecular formula is C20H35N3O. The molecule has 0 aliphatic carbocycles. The number of hydrazine groups is 1. The van der Waals surface area contributed by atoms with Gasteiger partial charge in [-0.05, 0) is 30.4 Å². The maximum Gasteiger partial charge on any atom is 0.107 e. The van der Waals surface area contributed by atoms with Crippen LogP contribution in [0.5, 0.6) is 0 Å². The van der Waals surface area contributed by atoms with Gasteiger partial charge in [0.05, 0.1) is 6.61 Å². The predicted molar refractivity (Wildman–Crippen MR) is 100 cm³/mol. The Hall–Kier alpha value is -0.940. The van der Waals surface area contributed by atoms with Crippen molar-refractivity contribution in [3.8, 4) is 0 Å². The van der Waals surface area contributed by atoms with Gasteiger partial charge in [-0.1, -0.05) is 63.3 Å². The highest BCUT2D eigenvalue weighted by Crippen LogP contribution is 2.25. The topological polar surface area (TPSA) is 52.7 Å². The molecule has 0 saturated carbocycles. The minimum Gasteiger partial charge on any atom is -0.393 e. The summed E-state index contributed by atoms with van der Waals surface area (Å²) in [7, 11) is 2.04. The smallest absolute Gasteiger partial charge is 0.107 e. The van der Waals surface area contributed by atoms with Crippen LogP contribution in [-0.2, 0) is 13.0 Å². The SMILES string of the molecule is CCCCCCCCc1ccc(CN2N(C)CCC2(N)CO)cc1. The van der Waals surface area contributed by atoms with Gasteiger partial charge in [0.1, 0.15) is 5.66 Å². The molecule has 1 fully saturated rings. The molecule has 3 N–H and O–H groups in total. The first-order valence-electron chi connectivity index (χ1n) is 9.55. The van der Waals surface area contributed by atoms with Crippen molar-refractivity contribution in [2.45, 2.75) is 70.5 Å². The van der Waals surface area contributed by atoms with Crippen molar-refractivity contribution in [2.24, 2.45) is 5.73 Å². The van der Waals surface area contributed by atoms with Crippen LogP contribution < -0.4 is 5.73 Å². The molecule has 0 spiro atoms. The van der Waals surface area contributed by atoms with Crippen LogP contribution >= 0.6 is 0 Å². The Morgan fingerprint density at radius 2 is 1.67 bits per heavy atom. The van der Waals surface area contributed by atoms with Gasteiger partial charge in [0.15, 0.2) is 0 Å². The first kappa shape index (κ1) is 19.4. The highest BCUT2D eigenvalue weighted by Gasteiger charge is 2.40. The number of hydrogen-bond donors (Lipinski definition) is 2. The summed E-state index contributed by atoms with van der Waals surface area (Å²) in [6.07, 6.45) is 10.0. The summed E-state index contributed by atoms with van der Waals surface area (Å²) in [5.74, 6) is 0. The zero-order chi connectivity index (χ0) is 17.4. The molecule has 1 unspecified atom stereocenters. The van der Waals surface area contributed by atoms with E-state index in [0.717, 1.165) is 19.5 Å². The summed E-state index contributed by atoms with van der Waals surface area (Å²) in [5.41, 5.74) is 8.37. The number of unbranched alkanes of at least 4 members (excludes halogenated alkanes) is 5. The summed E-state index contributed by atoms with van der Waals surface area (Å²) in [6, 6.07) is 8.90. The van der Waals surface area contributed by atoms with Gasteiger partial charge in [-0.25, -0.2) is 10.0 Å². The lowest BCUT2D eigenvalue weighted by atomic mass is 10.0. The molecule has 1 heterocycles. The maximum absolute atomic E-state index is 9.62. The van der Waals surface area contributed by atoms with Crippen molar-refractivity contribution in [1.29, 1.82) is 0 Å². The largest absolute Gasteiger partial charge is 0.393 e. The van der Waals surface area contributed by atoms with E-state index in [2.05, 4.69) is 41.2 Å². The fourth-order valence-electron chi connectivity index (χ4n) is 3.48. The zero-order valence-electron chi connectivity index (χ0n) is 15.5. The molecule has 2 rings (SSSR count). The van der Waals surface area contributed by atoms with Crippen molar-refractivity contribution < 1.29 is 5.11 Å². The van der Waals surface area contributed by atoms with Crippen LogP contribution in [0, 0.1) is 0 Å². The third-order valence-electron chi connectivity index (χ3n) is 5.24. The maximum atomic E-state index is 9.62. The molecule has 24 heavy (non-hydrogen) atoms. The molecular weight excluding hydrogens is 298 g/mol. The van der Waals surface area contributed by atoms with Gasteiger partial charge in [0.2, 0.25) is 0 Å². The molecule has 1 saturated heterocycles. The summed E-state index contributed by atoms with van der Waals surface area (Å²) in [6.45, 7) is 3.90. The standard InChI is InChI=1S/C20H35N3O/c1-3-4-5-6-7-8-9-18-10-12-19(13-11-18)16-23-20(21,17-24)14-15-22(23)2/h10-13,24H,3-9,14-17,21H2,1-2H3. The lowest BCUT2D eigenvalue weighted by Crippen LogP contribution is -2.57. The molecule has 136 valence electrons. The van der Waals surface area contributed by atoms with Crippen molar-refractivity contribution >= 4 is 0 Å². The van der Waals surface area contributed by atoms with Gasteiger partial charge in [-0.2, -0.15) is 0 Å². The Morgan fingerprint density at radius 1 is 1.04 bits per heavy atom. The molecule has 4 nitrogen and oxygen atoms in total. The quantitative estimate of drug-likeness (QED) is 0.645. The van der Waals surface area contributed by atoms with E-state index in [9.17, 15) is 5.11 Å². The molecule has 1 aromatic carbocycles. The zero-order valence-corrected chi connectivity index (χ0v) is 15.5. The number of aryl methyl sites for hydroxylation is 1. The van der Waals surface area contributed by atoms with E-state index >= 15 is 0 Å². The molecule has 4 heteroatoms. The van der Waals surface area contributed by atoms with E-state index < -0.39 is 5.66 Å². The molecule has 1 atom stereocenters. The van der Waals surface area contributed by atoms with E-state index in [1.165, 1.54) is 56.1 Å².